The van der Waals surface area contributed by atoms with E-state index in [2.05, 4.69) is 15.6 Å². The zero-order valence-electron chi connectivity index (χ0n) is 15.4. The van der Waals surface area contributed by atoms with E-state index in [-0.39, 0.29) is 41.1 Å². The molecule has 1 atom stereocenters. The molecule has 0 aromatic carbocycles. The molecule has 1 aromatic rings. The van der Waals surface area contributed by atoms with E-state index in [9.17, 15) is 18.0 Å². The average Bonchev–Trinajstić information content (AvgIpc) is 3.33. The molecule has 0 spiro atoms. The first-order valence-electron chi connectivity index (χ1n) is 9.84. The van der Waals surface area contributed by atoms with Crippen LogP contribution in [0.5, 0.6) is 0 Å². The van der Waals surface area contributed by atoms with Crippen molar-refractivity contribution in [3.63, 3.8) is 0 Å². The third-order valence-electron chi connectivity index (χ3n) is 5.79. The second-order valence-corrected chi connectivity index (χ2v) is 10.1. The van der Waals surface area contributed by atoms with Crippen molar-refractivity contribution in [2.45, 2.75) is 70.0 Å². The van der Waals surface area contributed by atoms with Crippen LogP contribution in [-0.4, -0.2) is 53.4 Å². The Balaban J connectivity index is 1.54. The number of aromatic nitrogens is 2. The third kappa shape index (κ3) is 3.88. The molecular weight excluding hydrogens is 368 g/mol. The zero-order valence-corrected chi connectivity index (χ0v) is 16.2. The maximum Gasteiger partial charge on any atom is 0.287 e. The first-order valence-corrected chi connectivity index (χ1v) is 11.7. The molecule has 1 saturated heterocycles. The highest BCUT2D eigenvalue weighted by atomic mass is 32.2. The Morgan fingerprint density at radius 1 is 0.963 bits per heavy atom. The molecule has 9 heteroatoms. The summed E-state index contributed by atoms with van der Waals surface area (Å²) in [5.74, 6) is -0.200. The number of hydrogen-bond acceptors (Lipinski definition) is 5. The van der Waals surface area contributed by atoms with Gasteiger partial charge in [0.15, 0.2) is 15.7 Å². The van der Waals surface area contributed by atoms with Crippen molar-refractivity contribution in [3.05, 3.63) is 17.2 Å². The highest BCUT2D eigenvalue weighted by molar-refractivity contribution is 7.91. The van der Waals surface area contributed by atoms with Crippen LogP contribution >= 0.6 is 0 Å². The number of rotatable bonds is 4. The van der Waals surface area contributed by atoms with Crippen LogP contribution in [0.25, 0.3) is 0 Å². The quantitative estimate of drug-likeness (QED) is 0.785. The Hall–Kier alpha value is -1.90. The second-order valence-electron chi connectivity index (χ2n) is 7.87. The van der Waals surface area contributed by atoms with Crippen molar-refractivity contribution < 1.29 is 18.0 Å². The summed E-state index contributed by atoms with van der Waals surface area (Å²) in [6.45, 7) is 0.681. The average molecular weight is 394 g/mol. The van der Waals surface area contributed by atoms with E-state index in [1.54, 1.807) is 0 Å². The number of fused-ring (bicyclic) bond motifs is 1. The summed E-state index contributed by atoms with van der Waals surface area (Å²) in [4.78, 5) is 29.9. The Morgan fingerprint density at radius 2 is 1.70 bits per heavy atom. The minimum Gasteiger partial charge on any atom is -0.347 e. The molecule has 4 rings (SSSR count). The van der Waals surface area contributed by atoms with Crippen LogP contribution in [0.1, 0.15) is 71.7 Å². The lowest BCUT2D eigenvalue weighted by Gasteiger charge is -2.18. The van der Waals surface area contributed by atoms with Gasteiger partial charge in [0.25, 0.3) is 11.8 Å². The summed E-state index contributed by atoms with van der Waals surface area (Å²) in [5.41, 5.74) is 1.06. The van der Waals surface area contributed by atoms with E-state index in [1.165, 1.54) is 0 Å². The molecule has 1 saturated carbocycles. The predicted molar refractivity (Wildman–Crippen MR) is 99.4 cm³/mol. The van der Waals surface area contributed by atoms with Crippen LogP contribution in [0.3, 0.4) is 0 Å². The minimum absolute atomic E-state index is 0.0240. The molecule has 2 N–H and O–H groups in total. The van der Waals surface area contributed by atoms with Gasteiger partial charge < -0.3 is 15.2 Å². The summed E-state index contributed by atoms with van der Waals surface area (Å²) < 4.78 is 25.1. The maximum atomic E-state index is 12.8. The van der Waals surface area contributed by atoms with E-state index in [0.29, 0.717) is 25.2 Å². The number of carbonyl (C=O) groups excluding carboxylic acids is 2. The minimum atomic E-state index is -3.07. The predicted octanol–water partition coefficient (Wildman–Crippen LogP) is 0.809. The van der Waals surface area contributed by atoms with Crippen molar-refractivity contribution in [2.24, 2.45) is 0 Å². The van der Waals surface area contributed by atoms with E-state index in [0.717, 1.165) is 44.2 Å². The van der Waals surface area contributed by atoms with Gasteiger partial charge in [0.2, 0.25) is 0 Å². The summed E-state index contributed by atoms with van der Waals surface area (Å²) in [6, 6.07) is -0.186. The first kappa shape index (κ1) is 18.5. The highest BCUT2D eigenvalue weighted by Crippen LogP contribution is 2.23. The Bertz CT molecular complexity index is 855. The number of imidazole rings is 1. The third-order valence-corrected chi connectivity index (χ3v) is 7.56. The fourth-order valence-corrected chi connectivity index (χ4v) is 6.05. The molecule has 1 aromatic heterocycles. The maximum absolute atomic E-state index is 12.8. The van der Waals surface area contributed by atoms with Crippen molar-refractivity contribution in [1.29, 1.82) is 0 Å². The number of hydrogen-bond donors (Lipinski definition) is 2. The van der Waals surface area contributed by atoms with Crippen LogP contribution in [-0.2, 0) is 22.8 Å². The van der Waals surface area contributed by atoms with E-state index in [1.807, 2.05) is 4.57 Å². The van der Waals surface area contributed by atoms with Crippen LogP contribution in [0.2, 0.25) is 0 Å². The van der Waals surface area contributed by atoms with Crippen LogP contribution in [0, 0.1) is 0 Å². The summed E-state index contributed by atoms with van der Waals surface area (Å²) in [5, 5.41) is 5.85. The molecule has 2 fully saturated rings. The van der Waals surface area contributed by atoms with Gasteiger partial charge >= 0.3 is 0 Å². The molecule has 27 heavy (non-hydrogen) atoms. The molecule has 2 aliphatic heterocycles. The Morgan fingerprint density at radius 3 is 2.41 bits per heavy atom. The van der Waals surface area contributed by atoms with E-state index < -0.39 is 9.84 Å². The van der Waals surface area contributed by atoms with Crippen LogP contribution < -0.4 is 10.6 Å². The highest BCUT2D eigenvalue weighted by Gasteiger charge is 2.33. The lowest BCUT2D eigenvalue weighted by atomic mass is 10.1. The standard InChI is InChI=1S/C18H26N4O4S/c23-17(20-13-8-10-27(25,26)11-13)15-14-7-3-4-9-22(14)16(21-15)18(24)19-12-5-1-2-6-12/h12-13H,1-11H2,(H,19,24)(H,20,23). The van der Waals surface area contributed by atoms with Gasteiger partial charge in [-0.2, -0.15) is 0 Å². The van der Waals surface area contributed by atoms with Crippen LogP contribution in [0.4, 0.5) is 0 Å². The van der Waals surface area contributed by atoms with Gasteiger partial charge in [-0.15, -0.1) is 0 Å². The molecular formula is C18H26N4O4S. The normalized spacial score (nSPS) is 24.5. The number of sulfone groups is 1. The first-order chi connectivity index (χ1) is 12.9. The summed E-state index contributed by atoms with van der Waals surface area (Å²) in [7, 11) is -3.07. The van der Waals surface area contributed by atoms with Crippen molar-refractivity contribution in [1.82, 2.24) is 20.2 Å². The molecule has 1 unspecified atom stereocenters. The number of nitrogens with zero attached hydrogens (tertiary/aromatic N) is 2. The topological polar surface area (TPSA) is 110 Å². The Labute approximate surface area is 159 Å². The fraction of sp³-hybridized carbons (Fsp3) is 0.722. The number of nitrogens with one attached hydrogen (secondary N) is 2. The van der Waals surface area contributed by atoms with Crippen LogP contribution in [0.15, 0.2) is 0 Å². The molecule has 3 heterocycles. The van der Waals surface area contributed by atoms with Gasteiger partial charge in [0.1, 0.15) is 5.69 Å². The molecule has 0 radical (unpaired) electrons. The van der Waals surface area contributed by atoms with Gasteiger partial charge in [-0.05, 0) is 38.5 Å². The summed E-state index contributed by atoms with van der Waals surface area (Å²) >= 11 is 0. The molecule has 0 bridgehead atoms. The van der Waals surface area contributed by atoms with Gasteiger partial charge in [-0.25, -0.2) is 13.4 Å². The monoisotopic (exact) mass is 394 g/mol. The molecule has 8 nitrogen and oxygen atoms in total. The molecule has 148 valence electrons. The SMILES string of the molecule is O=C(NC1CCS(=O)(=O)C1)c1nc(C(=O)NC2CCCC2)n2c1CCCC2. The van der Waals surface area contributed by atoms with Gasteiger partial charge in [-0.3, -0.25) is 9.59 Å². The molecule has 1 aliphatic carbocycles. The van der Waals surface area contributed by atoms with Gasteiger partial charge in [-0.1, -0.05) is 12.8 Å². The second kappa shape index (κ2) is 7.26. The summed E-state index contributed by atoms with van der Waals surface area (Å²) in [6.07, 6.45) is 7.27. The zero-order chi connectivity index (χ0) is 19.0. The van der Waals surface area contributed by atoms with Gasteiger partial charge in [0.05, 0.1) is 17.2 Å². The number of carbonyl (C=O) groups is 2. The van der Waals surface area contributed by atoms with Crippen molar-refractivity contribution in [2.75, 3.05) is 11.5 Å². The fourth-order valence-electron chi connectivity index (χ4n) is 4.38. The largest absolute Gasteiger partial charge is 0.347 e. The van der Waals surface area contributed by atoms with Crippen molar-refractivity contribution >= 4 is 21.7 Å². The molecule has 3 aliphatic rings. The lowest BCUT2D eigenvalue weighted by molar-refractivity contribution is 0.0921. The Kier molecular flexibility index (Phi) is 4.96. The van der Waals surface area contributed by atoms with Gasteiger partial charge in [0, 0.05) is 18.6 Å². The molecule has 2 amide bonds. The lowest BCUT2D eigenvalue weighted by Crippen LogP contribution is -2.36. The number of amides is 2. The van der Waals surface area contributed by atoms with Crippen molar-refractivity contribution in [3.8, 4) is 0 Å². The van der Waals surface area contributed by atoms with E-state index >= 15 is 0 Å². The smallest absolute Gasteiger partial charge is 0.287 e. The van der Waals surface area contributed by atoms with E-state index in [4.69, 9.17) is 0 Å².